The van der Waals surface area contributed by atoms with Gasteiger partial charge in [0.2, 0.25) is 0 Å². The predicted octanol–water partition coefficient (Wildman–Crippen LogP) is 3.43. The molecule has 0 saturated heterocycles. The van der Waals surface area contributed by atoms with E-state index in [1.165, 1.54) is 5.56 Å². The Labute approximate surface area is 123 Å². The number of guanidine groups is 1. The highest BCUT2D eigenvalue weighted by molar-refractivity contribution is 6.31. The summed E-state index contributed by atoms with van der Waals surface area (Å²) in [5, 5.41) is 3.97. The fourth-order valence-electron chi connectivity index (χ4n) is 2.57. The zero-order valence-corrected chi connectivity index (χ0v) is 11.7. The first-order valence-electron chi connectivity index (χ1n) is 6.63. The van der Waals surface area contributed by atoms with Crippen molar-refractivity contribution in [1.29, 1.82) is 0 Å². The molecule has 2 aromatic rings. The molecule has 0 bridgehead atoms. The lowest BCUT2D eigenvalue weighted by Crippen LogP contribution is -2.39. The van der Waals surface area contributed by atoms with Gasteiger partial charge in [0, 0.05) is 5.02 Å². The van der Waals surface area contributed by atoms with Crippen molar-refractivity contribution in [3.05, 3.63) is 70.7 Å². The Bertz CT molecular complexity index is 625. The van der Waals surface area contributed by atoms with Gasteiger partial charge in [-0.05, 0) is 23.6 Å². The molecule has 102 valence electrons. The van der Waals surface area contributed by atoms with Crippen LogP contribution in [-0.4, -0.2) is 5.96 Å². The molecule has 2 aromatic carbocycles. The van der Waals surface area contributed by atoms with E-state index in [-0.39, 0.29) is 12.1 Å². The van der Waals surface area contributed by atoms with E-state index in [2.05, 4.69) is 22.4 Å². The summed E-state index contributed by atoms with van der Waals surface area (Å²) < 4.78 is 0. The largest absolute Gasteiger partial charge is 0.370 e. The molecule has 3 nitrogen and oxygen atoms in total. The molecule has 1 aliphatic rings. The lowest BCUT2D eigenvalue weighted by atomic mass is 9.94. The van der Waals surface area contributed by atoms with Crippen LogP contribution in [0.15, 0.2) is 59.6 Å². The highest BCUT2D eigenvalue weighted by Crippen LogP contribution is 2.34. The topological polar surface area (TPSA) is 50.4 Å². The molecule has 1 heterocycles. The minimum absolute atomic E-state index is 0.0683. The van der Waals surface area contributed by atoms with Crippen LogP contribution in [0.25, 0.3) is 0 Å². The number of hydrogen-bond donors (Lipinski definition) is 2. The molecule has 2 atom stereocenters. The lowest BCUT2D eigenvalue weighted by molar-refractivity contribution is 0.487. The summed E-state index contributed by atoms with van der Waals surface area (Å²) in [5.41, 5.74) is 8.17. The van der Waals surface area contributed by atoms with Crippen LogP contribution in [0.5, 0.6) is 0 Å². The van der Waals surface area contributed by atoms with Crippen LogP contribution in [-0.2, 0) is 0 Å². The van der Waals surface area contributed by atoms with Crippen molar-refractivity contribution >= 4 is 17.6 Å². The Morgan fingerprint density at radius 2 is 1.75 bits per heavy atom. The zero-order valence-electron chi connectivity index (χ0n) is 11.0. The highest BCUT2D eigenvalue weighted by atomic mass is 35.5. The number of rotatable bonds is 2. The summed E-state index contributed by atoms with van der Waals surface area (Å²) in [4.78, 5) is 4.50. The van der Waals surface area contributed by atoms with Crippen LogP contribution in [0.1, 0.15) is 29.6 Å². The fourth-order valence-corrected chi connectivity index (χ4v) is 2.83. The molecular weight excluding hydrogens is 270 g/mol. The van der Waals surface area contributed by atoms with Gasteiger partial charge in [0.05, 0.1) is 12.1 Å². The standard InChI is InChI=1S/C16H16ClN3/c17-13-9-5-4-8-12(13)15-10-14(19-16(18)20-15)11-6-2-1-3-7-11/h1-9,14-15H,10H2,(H3,18,19,20). The summed E-state index contributed by atoms with van der Waals surface area (Å²) in [7, 11) is 0. The van der Waals surface area contributed by atoms with Crippen molar-refractivity contribution < 1.29 is 0 Å². The van der Waals surface area contributed by atoms with E-state index in [1.54, 1.807) is 0 Å². The van der Waals surface area contributed by atoms with Crippen LogP contribution in [0.3, 0.4) is 0 Å². The number of hydrogen-bond acceptors (Lipinski definition) is 3. The molecule has 0 aliphatic carbocycles. The fraction of sp³-hybridized carbons (Fsp3) is 0.188. The molecule has 20 heavy (non-hydrogen) atoms. The highest BCUT2D eigenvalue weighted by Gasteiger charge is 2.25. The summed E-state index contributed by atoms with van der Waals surface area (Å²) in [6.45, 7) is 0. The van der Waals surface area contributed by atoms with Crippen molar-refractivity contribution in [3.8, 4) is 0 Å². The summed E-state index contributed by atoms with van der Waals surface area (Å²) in [5.74, 6) is 0.468. The number of aliphatic imine (C=N–C) groups is 1. The Morgan fingerprint density at radius 3 is 2.50 bits per heavy atom. The van der Waals surface area contributed by atoms with Crippen LogP contribution in [0.4, 0.5) is 0 Å². The first-order chi connectivity index (χ1) is 9.74. The number of halogens is 1. The molecule has 0 radical (unpaired) electrons. The zero-order chi connectivity index (χ0) is 13.9. The second kappa shape index (κ2) is 5.55. The van der Waals surface area contributed by atoms with Crippen LogP contribution >= 0.6 is 11.6 Å². The third kappa shape index (κ3) is 2.63. The van der Waals surface area contributed by atoms with Crippen LogP contribution in [0, 0.1) is 0 Å². The second-order valence-electron chi connectivity index (χ2n) is 4.89. The SMILES string of the molecule is NC1=NC(c2ccccc2)CC(c2ccccc2Cl)N1. The van der Waals surface area contributed by atoms with E-state index >= 15 is 0 Å². The van der Waals surface area contributed by atoms with Gasteiger partial charge in [-0.25, -0.2) is 4.99 Å². The molecule has 4 heteroatoms. The molecule has 0 spiro atoms. The smallest absolute Gasteiger partial charge is 0.189 e. The first-order valence-corrected chi connectivity index (χ1v) is 7.01. The Balaban J connectivity index is 1.90. The van der Waals surface area contributed by atoms with Gasteiger partial charge in [-0.3, -0.25) is 0 Å². The normalized spacial score (nSPS) is 21.9. The van der Waals surface area contributed by atoms with E-state index in [4.69, 9.17) is 17.3 Å². The maximum Gasteiger partial charge on any atom is 0.189 e. The van der Waals surface area contributed by atoms with E-state index < -0.39 is 0 Å². The number of nitrogens with zero attached hydrogens (tertiary/aromatic N) is 1. The van der Waals surface area contributed by atoms with Gasteiger partial charge < -0.3 is 11.1 Å². The first kappa shape index (κ1) is 13.0. The van der Waals surface area contributed by atoms with Gasteiger partial charge in [0.1, 0.15) is 0 Å². The molecule has 0 saturated carbocycles. The molecule has 0 aromatic heterocycles. The number of nitrogens with one attached hydrogen (secondary N) is 1. The quantitative estimate of drug-likeness (QED) is 0.888. The van der Waals surface area contributed by atoms with Crippen molar-refractivity contribution in [2.75, 3.05) is 0 Å². The Hall–Kier alpha value is -2.00. The average molecular weight is 286 g/mol. The Kier molecular flexibility index (Phi) is 3.61. The number of benzene rings is 2. The molecule has 0 amide bonds. The van der Waals surface area contributed by atoms with Crippen molar-refractivity contribution in [3.63, 3.8) is 0 Å². The molecule has 3 N–H and O–H groups in total. The van der Waals surface area contributed by atoms with E-state index in [0.717, 1.165) is 17.0 Å². The molecular formula is C16H16ClN3. The monoisotopic (exact) mass is 285 g/mol. The minimum Gasteiger partial charge on any atom is -0.370 e. The summed E-state index contributed by atoms with van der Waals surface area (Å²) in [6.07, 6.45) is 0.842. The van der Waals surface area contributed by atoms with Gasteiger partial charge in [0.25, 0.3) is 0 Å². The maximum absolute atomic E-state index is 6.28. The summed E-state index contributed by atoms with van der Waals surface area (Å²) in [6, 6.07) is 18.2. The predicted molar refractivity (Wildman–Crippen MR) is 82.8 cm³/mol. The van der Waals surface area contributed by atoms with Gasteiger partial charge in [-0.2, -0.15) is 0 Å². The van der Waals surface area contributed by atoms with Gasteiger partial charge >= 0.3 is 0 Å². The maximum atomic E-state index is 6.28. The van der Waals surface area contributed by atoms with Crippen molar-refractivity contribution in [2.45, 2.75) is 18.5 Å². The molecule has 1 aliphatic heterocycles. The van der Waals surface area contributed by atoms with Gasteiger partial charge in [-0.1, -0.05) is 60.1 Å². The van der Waals surface area contributed by atoms with Crippen molar-refractivity contribution in [1.82, 2.24) is 5.32 Å². The van der Waals surface area contributed by atoms with Crippen LogP contribution < -0.4 is 11.1 Å². The van der Waals surface area contributed by atoms with Crippen molar-refractivity contribution in [2.24, 2.45) is 10.7 Å². The third-order valence-electron chi connectivity index (χ3n) is 3.54. The van der Waals surface area contributed by atoms with Crippen LogP contribution in [0.2, 0.25) is 5.02 Å². The Morgan fingerprint density at radius 1 is 1.05 bits per heavy atom. The van der Waals surface area contributed by atoms with Gasteiger partial charge in [-0.15, -0.1) is 0 Å². The summed E-state index contributed by atoms with van der Waals surface area (Å²) >= 11 is 6.28. The number of nitrogens with two attached hydrogens (primary N) is 1. The van der Waals surface area contributed by atoms with E-state index in [0.29, 0.717) is 5.96 Å². The lowest BCUT2D eigenvalue weighted by Gasteiger charge is -2.29. The van der Waals surface area contributed by atoms with E-state index in [1.807, 2.05) is 42.5 Å². The average Bonchev–Trinajstić information content (AvgIpc) is 2.48. The van der Waals surface area contributed by atoms with E-state index in [9.17, 15) is 0 Å². The third-order valence-corrected chi connectivity index (χ3v) is 3.89. The van der Waals surface area contributed by atoms with Gasteiger partial charge in [0.15, 0.2) is 5.96 Å². The minimum atomic E-state index is 0.0683. The molecule has 2 unspecified atom stereocenters. The molecule has 0 fully saturated rings. The molecule has 3 rings (SSSR count). The second-order valence-corrected chi connectivity index (χ2v) is 5.30.